The molecule has 0 fully saturated rings. The van der Waals surface area contributed by atoms with Gasteiger partial charge in [0.1, 0.15) is 0 Å². The Morgan fingerprint density at radius 3 is 2.82 bits per heavy atom. The van der Waals surface area contributed by atoms with Gasteiger partial charge in [-0.1, -0.05) is 24.3 Å². The second-order valence-corrected chi connectivity index (χ2v) is 5.83. The van der Waals surface area contributed by atoms with Gasteiger partial charge >= 0.3 is 0 Å². The maximum atomic E-state index is 6.75. The number of thiophene rings is 1. The van der Waals surface area contributed by atoms with Crippen molar-refractivity contribution < 1.29 is 0 Å². The minimum absolute atomic E-state index is 0.257. The van der Waals surface area contributed by atoms with Crippen LogP contribution in [0, 0.1) is 6.92 Å². The van der Waals surface area contributed by atoms with Crippen molar-refractivity contribution in [1.29, 1.82) is 0 Å². The molecule has 2 aromatic rings. The normalized spacial score (nSPS) is 23.4. The first-order valence-electron chi connectivity index (χ1n) is 6.13. The molecule has 1 unspecified atom stereocenters. The van der Waals surface area contributed by atoms with E-state index in [1.807, 2.05) is 0 Å². The molecular formula is C15H17NS. The second-order valence-electron chi connectivity index (χ2n) is 4.91. The molecule has 1 heterocycles. The predicted octanol–water partition coefficient (Wildman–Crippen LogP) is 3.60. The Balaban J connectivity index is 2.19. The van der Waals surface area contributed by atoms with Crippen molar-refractivity contribution in [2.24, 2.45) is 5.73 Å². The molecule has 2 heteroatoms. The molecule has 0 bridgehead atoms. The summed E-state index contributed by atoms with van der Waals surface area (Å²) in [6.07, 6.45) is 3.41. The average molecular weight is 243 g/mol. The number of rotatable bonds is 1. The summed E-state index contributed by atoms with van der Waals surface area (Å²) in [6, 6.07) is 10.8. The van der Waals surface area contributed by atoms with Crippen LogP contribution < -0.4 is 5.73 Å². The van der Waals surface area contributed by atoms with Crippen molar-refractivity contribution >= 4 is 11.3 Å². The van der Waals surface area contributed by atoms with Gasteiger partial charge in [-0.2, -0.15) is 0 Å². The van der Waals surface area contributed by atoms with Gasteiger partial charge in [0.25, 0.3) is 0 Å². The lowest BCUT2D eigenvalue weighted by molar-refractivity contribution is 0.448. The van der Waals surface area contributed by atoms with Gasteiger partial charge in [-0.3, -0.25) is 0 Å². The Hall–Kier alpha value is -1.12. The van der Waals surface area contributed by atoms with Crippen LogP contribution in [0.15, 0.2) is 35.7 Å². The maximum absolute atomic E-state index is 6.75. The van der Waals surface area contributed by atoms with Gasteiger partial charge in [0.15, 0.2) is 0 Å². The van der Waals surface area contributed by atoms with Crippen LogP contribution in [0.1, 0.15) is 34.4 Å². The summed E-state index contributed by atoms with van der Waals surface area (Å²) in [5.41, 5.74) is 10.6. The smallest absolute Gasteiger partial charge is 0.0764 e. The molecule has 1 aliphatic rings. The summed E-state index contributed by atoms with van der Waals surface area (Å²) >= 11 is 1.79. The molecule has 0 radical (unpaired) electrons. The first-order valence-corrected chi connectivity index (χ1v) is 7.01. The molecular weight excluding hydrogens is 226 g/mol. The van der Waals surface area contributed by atoms with Crippen molar-refractivity contribution in [1.82, 2.24) is 0 Å². The van der Waals surface area contributed by atoms with Crippen LogP contribution in [0.5, 0.6) is 0 Å². The highest BCUT2D eigenvalue weighted by molar-refractivity contribution is 7.10. The fourth-order valence-electron chi connectivity index (χ4n) is 2.93. The number of nitrogens with two attached hydrogens (primary N) is 1. The molecule has 1 aliphatic carbocycles. The van der Waals surface area contributed by atoms with E-state index in [1.165, 1.54) is 34.4 Å². The molecule has 0 aliphatic heterocycles. The molecule has 0 spiro atoms. The molecule has 2 N–H and O–H groups in total. The van der Waals surface area contributed by atoms with Gasteiger partial charge < -0.3 is 5.73 Å². The Labute approximate surface area is 106 Å². The van der Waals surface area contributed by atoms with E-state index in [2.05, 4.69) is 42.6 Å². The van der Waals surface area contributed by atoms with E-state index in [0.29, 0.717) is 0 Å². The van der Waals surface area contributed by atoms with Crippen molar-refractivity contribution in [3.8, 4) is 0 Å². The third-order valence-electron chi connectivity index (χ3n) is 3.78. The Bertz CT molecular complexity index is 543. The predicted molar refractivity (Wildman–Crippen MR) is 73.4 cm³/mol. The fraction of sp³-hybridized carbons (Fsp3) is 0.333. The zero-order valence-corrected chi connectivity index (χ0v) is 10.9. The summed E-state index contributed by atoms with van der Waals surface area (Å²) < 4.78 is 0. The maximum Gasteiger partial charge on any atom is 0.0764 e. The number of hydrogen-bond donors (Lipinski definition) is 1. The Morgan fingerprint density at radius 2 is 2.06 bits per heavy atom. The fourth-order valence-corrected chi connectivity index (χ4v) is 4.02. The highest BCUT2D eigenvalue weighted by Gasteiger charge is 2.35. The van der Waals surface area contributed by atoms with Gasteiger partial charge in [0.2, 0.25) is 0 Å². The Kier molecular flexibility index (Phi) is 2.57. The topological polar surface area (TPSA) is 26.0 Å². The van der Waals surface area contributed by atoms with E-state index >= 15 is 0 Å². The summed E-state index contributed by atoms with van der Waals surface area (Å²) in [6.45, 7) is 2.16. The molecule has 17 heavy (non-hydrogen) atoms. The lowest BCUT2D eigenvalue weighted by atomic mass is 9.75. The van der Waals surface area contributed by atoms with Crippen LogP contribution in [0.4, 0.5) is 0 Å². The number of hydrogen-bond acceptors (Lipinski definition) is 2. The van der Waals surface area contributed by atoms with Gasteiger partial charge in [-0.15, -0.1) is 11.3 Å². The van der Waals surface area contributed by atoms with Gasteiger partial charge in [-0.05, 0) is 54.3 Å². The SMILES string of the molecule is Cc1ccsc1C1(N)CCCc2ccccc21. The zero-order valence-electron chi connectivity index (χ0n) is 10.1. The van der Waals surface area contributed by atoms with Crippen molar-refractivity contribution in [3.05, 3.63) is 57.3 Å². The number of benzene rings is 1. The zero-order chi connectivity index (χ0) is 11.9. The molecule has 0 saturated heterocycles. The van der Waals surface area contributed by atoms with Crippen LogP contribution in [0.25, 0.3) is 0 Å². The van der Waals surface area contributed by atoms with Crippen molar-refractivity contribution in [2.45, 2.75) is 31.7 Å². The summed E-state index contributed by atoms with van der Waals surface area (Å²) in [5, 5.41) is 2.15. The summed E-state index contributed by atoms with van der Waals surface area (Å²) in [7, 11) is 0. The quantitative estimate of drug-likeness (QED) is 0.813. The van der Waals surface area contributed by atoms with Gasteiger partial charge in [0, 0.05) is 4.88 Å². The first kappa shape index (κ1) is 11.0. The van der Waals surface area contributed by atoms with Crippen LogP contribution in [-0.4, -0.2) is 0 Å². The molecule has 1 atom stereocenters. The van der Waals surface area contributed by atoms with E-state index in [1.54, 1.807) is 11.3 Å². The lowest BCUT2D eigenvalue weighted by Gasteiger charge is -2.35. The molecule has 1 aromatic carbocycles. The summed E-state index contributed by atoms with van der Waals surface area (Å²) in [5.74, 6) is 0. The van der Waals surface area contributed by atoms with Crippen LogP contribution in [0.2, 0.25) is 0 Å². The minimum Gasteiger partial charge on any atom is -0.317 e. The molecule has 88 valence electrons. The first-order chi connectivity index (χ1) is 8.22. The summed E-state index contributed by atoms with van der Waals surface area (Å²) in [4.78, 5) is 1.34. The highest BCUT2D eigenvalue weighted by atomic mass is 32.1. The number of aryl methyl sites for hydroxylation is 2. The third kappa shape index (κ3) is 1.63. The largest absolute Gasteiger partial charge is 0.317 e. The second kappa shape index (κ2) is 3.97. The minimum atomic E-state index is -0.257. The van der Waals surface area contributed by atoms with E-state index in [-0.39, 0.29) is 5.54 Å². The lowest BCUT2D eigenvalue weighted by Crippen LogP contribution is -2.40. The van der Waals surface area contributed by atoms with E-state index in [9.17, 15) is 0 Å². The standard InChI is InChI=1S/C15H17NS/c1-11-8-10-17-14(11)15(16)9-4-6-12-5-2-3-7-13(12)15/h2-3,5,7-8,10H,4,6,9,16H2,1H3. The average Bonchev–Trinajstić information content (AvgIpc) is 2.77. The third-order valence-corrected chi connectivity index (χ3v) is 4.98. The van der Waals surface area contributed by atoms with Gasteiger partial charge in [-0.25, -0.2) is 0 Å². The van der Waals surface area contributed by atoms with E-state index < -0.39 is 0 Å². The monoisotopic (exact) mass is 243 g/mol. The molecule has 3 rings (SSSR count). The van der Waals surface area contributed by atoms with Gasteiger partial charge in [0.05, 0.1) is 5.54 Å². The number of fused-ring (bicyclic) bond motifs is 1. The van der Waals surface area contributed by atoms with Crippen molar-refractivity contribution in [3.63, 3.8) is 0 Å². The molecule has 0 saturated carbocycles. The molecule has 1 aromatic heterocycles. The molecule has 0 amide bonds. The van der Waals surface area contributed by atoms with Crippen molar-refractivity contribution in [2.75, 3.05) is 0 Å². The van der Waals surface area contributed by atoms with Crippen LogP contribution in [-0.2, 0) is 12.0 Å². The van der Waals surface area contributed by atoms with E-state index in [0.717, 1.165) is 6.42 Å². The van der Waals surface area contributed by atoms with Crippen LogP contribution >= 0.6 is 11.3 Å². The van der Waals surface area contributed by atoms with E-state index in [4.69, 9.17) is 5.73 Å². The molecule has 1 nitrogen and oxygen atoms in total. The Morgan fingerprint density at radius 1 is 1.24 bits per heavy atom. The highest BCUT2D eigenvalue weighted by Crippen LogP contribution is 2.41. The van der Waals surface area contributed by atoms with Crippen LogP contribution in [0.3, 0.4) is 0 Å².